The molecule has 0 saturated carbocycles. The molecule has 0 amide bonds. The van der Waals surface area contributed by atoms with Gasteiger partial charge in [-0.05, 0) is 47.7 Å². The number of carbonyl (C=O) groups excluding carboxylic acids is 2. The lowest BCUT2D eigenvalue weighted by atomic mass is 9.79. The van der Waals surface area contributed by atoms with E-state index in [4.69, 9.17) is 28.4 Å². The SMILES string of the molecule is CCC1OC(=O)[C@H](C)C(O[C@H]2C[C@@H](OC)[C@@H](O)[C@H](C)O2)[C@H](C)[C@@H](O[C@@H]2O[C@H](C)C[C@H](N(C)C)[C@H]2O)CC(O)[C@@H](C)C(=O)[C@H](C)[C@@H](O)[C@H]1C. The van der Waals surface area contributed by atoms with Gasteiger partial charge in [-0.2, -0.15) is 0 Å². The molecule has 0 bridgehead atoms. The van der Waals surface area contributed by atoms with Crippen molar-refractivity contribution in [3.63, 3.8) is 0 Å². The first kappa shape index (κ1) is 41.2. The average Bonchev–Trinajstić information content (AvgIpc) is 3.05. The Morgan fingerprint density at radius 3 is 2.00 bits per heavy atom. The van der Waals surface area contributed by atoms with Crippen molar-refractivity contribution in [1.29, 1.82) is 0 Å². The number of methoxy groups -OCH3 is 1. The Bertz CT molecular complexity index is 1030. The first-order chi connectivity index (χ1) is 22.4. The molecule has 0 aliphatic carbocycles. The van der Waals surface area contributed by atoms with Gasteiger partial charge in [0.15, 0.2) is 12.6 Å². The molecular weight excluding hydrogens is 626 g/mol. The third kappa shape index (κ3) is 9.54. The summed E-state index contributed by atoms with van der Waals surface area (Å²) in [5.41, 5.74) is 0. The molecule has 3 aliphatic heterocycles. The number of hydrogen-bond donors (Lipinski definition) is 4. The molecule has 3 unspecified atom stereocenters. The lowest BCUT2D eigenvalue weighted by Crippen LogP contribution is -2.56. The molecule has 3 aliphatic rings. The molecule has 0 radical (unpaired) electrons. The minimum absolute atomic E-state index is 0.0550. The van der Waals surface area contributed by atoms with Crippen molar-refractivity contribution in [2.75, 3.05) is 21.2 Å². The molecule has 3 heterocycles. The lowest BCUT2D eigenvalue weighted by Gasteiger charge is -2.45. The fraction of sp³-hybridized carbons (Fsp3) is 0.943. The van der Waals surface area contributed by atoms with E-state index in [2.05, 4.69) is 0 Å². The number of nitrogens with zero attached hydrogens (tertiary/aromatic N) is 1. The van der Waals surface area contributed by atoms with Crippen LogP contribution in [0.1, 0.15) is 81.1 Å². The molecule has 0 aromatic rings. The van der Waals surface area contributed by atoms with Gasteiger partial charge in [0, 0.05) is 49.7 Å². The fourth-order valence-corrected chi connectivity index (χ4v) is 7.48. The topological polar surface area (TPSA) is 174 Å². The second-order valence-corrected chi connectivity index (χ2v) is 14.8. The summed E-state index contributed by atoms with van der Waals surface area (Å²) in [6.45, 7) is 14.0. The van der Waals surface area contributed by atoms with Crippen LogP contribution in [0.25, 0.3) is 0 Å². The number of ketones is 1. The van der Waals surface area contributed by atoms with Crippen molar-refractivity contribution in [1.82, 2.24) is 4.90 Å². The van der Waals surface area contributed by atoms with Gasteiger partial charge >= 0.3 is 5.97 Å². The first-order valence-electron chi connectivity index (χ1n) is 17.7. The number of ether oxygens (including phenoxy) is 6. The van der Waals surface area contributed by atoms with Gasteiger partial charge in [0.1, 0.15) is 24.1 Å². The Morgan fingerprint density at radius 1 is 0.771 bits per heavy atom. The van der Waals surface area contributed by atoms with E-state index >= 15 is 0 Å². The number of rotatable bonds is 7. The number of carbonyl (C=O) groups is 2. The highest BCUT2D eigenvalue weighted by Crippen LogP contribution is 2.36. The van der Waals surface area contributed by atoms with Crippen LogP contribution in [0.15, 0.2) is 0 Å². The zero-order valence-corrected chi connectivity index (χ0v) is 30.7. The van der Waals surface area contributed by atoms with Gasteiger partial charge in [-0.25, -0.2) is 0 Å². The number of aliphatic hydroxyl groups is 4. The number of esters is 1. The van der Waals surface area contributed by atoms with E-state index in [-0.39, 0.29) is 30.8 Å². The van der Waals surface area contributed by atoms with Crippen LogP contribution in [0.3, 0.4) is 0 Å². The van der Waals surface area contributed by atoms with E-state index in [0.717, 1.165) is 0 Å². The van der Waals surface area contributed by atoms with E-state index in [1.165, 1.54) is 7.11 Å². The Hall–Kier alpha value is -1.26. The zero-order chi connectivity index (χ0) is 36.2. The van der Waals surface area contributed by atoms with E-state index in [9.17, 15) is 30.0 Å². The predicted octanol–water partition coefficient (Wildman–Crippen LogP) is 1.89. The second kappa shape index (κ2) is 17.8. The maximum absolute atomic E-state index is 13.9. The van der Waals surface area contributed by atoms with Crippen LogP contribution in [0.5, 0.6) is 0 Å². The van der Waals surface area contributed by atoms with E-state index < -0.39 is 103 Å². The van der Waals surface area contributed by atoms with Gasteiger partial charge in [0.05, 0.1) is 48.6 Å². The lowest BCUT2D eigenvalue weighted by molar-refractivity contribution is -0.296. The van der Waals surface area contributed by atoms with Crippen LogP contribution in [-0.2, 0) is 38.0 Å². The first-order valence-corrected chi connectivity index (χ1v) is 17.7. The minimum Gasteiger partial charge on any atom is -0.462 e. The van der Waals surface area contributed by atoms with E-state index in [1.54, 1.807) is 34.6 Å². The number of aliphatic hydroxyl groups excluding tert-OH is 4. The van der Waals surface area contributed by atoms with Crippen molar-refractivity contribution < 1.29 is 58.4 Å². The molecule has 4 N–H and O–H groups in total. The van der Waals surface area contributed by atoms with Crippen LogP contribution < -0.4 is 0 Å². The molecule has 18 atom stereocenters. The Morgan fingerprint density at radius 2 is 1.42 bits per heavy atom. The molecule has 0 spiro atoms. The summed E-state index contributed by atoms with van der Waals surface area (Å²) >= 11 is 0. The van der Waals surface area contributed by atoms with Crippen molar-refractivity contribution in [2.45, 2.75) is 161 Å². The minimum atomic E-state index is -1.19. The number of cyclic esters (lactones) is 1. The molecular formula is C35H63NO12. The molecule has 3 fully saturated rings. The van der Waals surface area contributed by atoms with Crippen molar-refractivity contribution in [2.24, 2.45) is 29.6 Å². The smallest absolute Gasteiger partial charge is 0.311 e. The number of Topliss-reactive ketones (excluding diaryl/α,β-unsaturated/α-hetero) is 1. The third-order valence-corrected chi connectivity index (χ3v) is 11.1. The fourth-order valence-electron chi connectivity index (χ4n) is 7.48. The summed E-state index contributed by atoms with van der Waals surface area (Å²) in [4.78, 5) is 29.4. The van der Waals surface area contributed by atoms with Crippen LogP contribution in [0.4, 0.5) is 0 Å². The molecule has 0 aromatic carbocycles. The summed E-state index contributed by atoms with van der Waals surface area (Å²) in [5, 5.41) is 44.7. The number of hydrogen-bond acceptors (Lipinski definition) is 13. The largest absolute Gasteiger partial charge is 0.462 e. The molecule has 48 heavy (non-hydrogen) atoms. The van der Waals surface area contributed by atoms with Crippen LogP contribution in [0, 0.1) is 29.6 Å². The Labute approximate surface area is 286 Å². The highest BCUT2D eigenvalue weighted by atomic mass is 16.7. The maximum Gasteiger partial charge on any atom is 0.311 e. The average molecular weight is 690 g/mol. The van der Waals surface area contributed by atoms with Crippen LogP contribution in [-0.4, -0.2) is 138 Å². The van der Waals surface area contributed by atoms with Gasteiger partial charge in [-0.1, -0.05) is 34.6 Å². The summed E-state index contributed by atoms with van der Waals surface area (Å²) in [5.74, 6) is -4.65. The van der Waals surface area contributed by atoms with Gasteiger partial charge in [0.25, 0.3) is 0 Å². The highest BCUT2D eigenvalue weighted by Gasteiger charge is 2.47. The Kier molecular flexibility index (Phi) is 15.3. The standard InChI is InChI=1S/C35H63NO12/c1-12-25-18(4)30(39)20(6)29(38)17(3)24(37)14-26(47-35-32(41)23(36(9)10)13-16(2)44-35)19(5)33(21(7)34(42)46-25)48-28-15-27(43-11)31(40)22(8)45-28/h16-28,30-33,35,37,39-41H,12-15H2,1-11H3/t16-,17-,18+,19-,20+,21-,22+,23+,24?,25?,26+,27-,28+,30+,31+,32-,33?,35+/m1/s1. The predicted molar refractivity (Wildman–Crippen MR) is 176 cm³/mol. The molecule has 13 heteroatoms. The van der Waals surface area contributed by atoms with Crippen molar-refractivity contribution in [3.8, 4) is 0 Å². The normalized spacial score (nSPS) is 47.4. The third-order valence-electron chi connectivity index (χ3n) is 11.1. The molecule has 3 saturated heterocycles. The van der Waals surface area contributed by atoms with Crippen LogP contribution in [0.2, 0.25) is 0 Å². The van der Waals surface area contributed by atoms with Gasteiger partial charge in [-0.15, -0.1) is 0 Å². The zero-order valence-electron chi connectivity index (χ0n) is 30.7. The van der Waals surface area contributed by atoms with Gasteiger partial charge < -0.3 is 53.7 Å². The summed E-state index contributed by atoms with van der Waals surface area (Å²) < 4.78 is 36.8. The summed E-state index contributed by atoms with van der Waals surface area (Å²) in [6.07, 6.45) is -8.92. The molecule has 0 aromatic heterocycles. The van der Waals surface area contributed by atoms with Gasteiger partial charge in [-0.3, -0.25) is 9.59 Å². The summed E-state index contributed by atoms with van der Waals surface area (Å²) in [7, 11) is 5.24. The maximum atomic E-state index is 13.9. The molecule has 13 nitrogen and oxygen atoms in total. The molecule has 280 valence electrons. The van der Waals surface area contributed by atoms with E-state index in [1.807, 2.05) is 39.8 Å². The number of likely N-dealkylation sites (N-methyl/N-ethyl adjacent to an activating group) is 1. The highest BCUT2D eigenvalue weighted by molar-refractivity contribution is 5.84. The van der Waals surface area contributed by atoms with Crippen molar-refractivity contribution in [3.05, 3.63) is 0 Å². The second-order valence-electron chi connectivity index (χ2n) is 14.8. The summed E-state index contributed by atoms with van der Waals surface area (Å²) in [6, 6.07) is -0.260. The Balaban J connectivity index is 2.08. The van der Waals surface area contributed by atoms with E-state index in [0.29, 0.717) is 12.8 Å². The molecule has 3 rings (SSSR count). The van der Waals surface area contributed by atoms with Crippen LogP contribution >= 0.6 is 0 Å². The quantitative estimate of drug-likeness (QED) is 0.286. The van der Waals surface area contributed by atoms with Gasteiger partial charge in [0.2, 0.25) is 0 Å². The monoisotopic (exact) mass is 689 g/mol. The van der Waals surface area contributed by atoms with Crippen molar-refractivity contribution >= 4 is 11.8 Å².